The van der Waals surface area contributed by atoms with Crippen LogP contribution in [0, 0.1) is 5.92 Å². The van der Waals surface area contributed by atoms with Crippen LogP contribution in [0.25, 0.3) is 10.9 Å². The molecule has 1 aromatic heterocycles. The molecule has 0 spiro atoms. The van der Waals surface area contributed by atoms with E-state index in [2.05, 4.69) is 29.2 Å². The van der Waals surface area contributed by atoms with Gasteiger partial charge in [0.05, 0.1) is 13.0 Å². The van der Waals surface area contributed by atoms with Crippen LogP contribution in [-0.4, -0.2) is 18.1 Å². The maximum atomic E-state index is 12.2. The van der Waals surface area contributed by atoms with Crippen LogP contribution in [0.1, 0.15) is 17.5 Å². The lowest BCUT2D eigenvalue weighted by Gasteiger charge is -2.14. The molecule has 1 atom stereocenters. The summed E-state index contributed by atoms with van der Waals surface area (Å²) in [5, 5.41) is 1.18. The predicted octanol–water partition coefficient (Wildman–Crippen LogP) is 4.13. The number of H-pyrrole nitrogens is 1. The molecule has 0 saturated heterocycles. The normalized spacial score (nSPS) is 12.2. The molecule has 0 amide bonds. The Labute approximate surface area is 136 Å². The van der Waals surface area contributed by atoms with Crippen LogP contribution in [0.3, 0.4) is 0 Å². The Morgan fingerprint density at radius 3 is 2.61 bits per heavy atom. The van der Waals surface area contributed by atoms with E-state index in [9.17, 15) is 4.79 Å². The van der Waals surface area contributed by atoms with E-state index in [-0.39, 0.29) is 11.9 Å². The number of aryl methyl sites for hydroxylation is 1. The molecule has 0 aliphatic heterocycles. The Balaban J connectivity index is 1.75. The zero-order chi connectivity index (χ0) is 16.1. The van der Waals surface area contributed by atoms with E-state index in [0.717, 1.165) is 18.4 Å². The van der Waals surface area contributed by atoms with Crippen molar-refractivity contribution in [1.82, 2.24) is 4.98 Å². The minimum Gasteiger partial charge on any atom is -0.469 e. The van der Waals surface area contributed by atoms with Crippen molar-refractivity contribution < 1.29 is 9.53 Å². The average Bonchev–Trinajstić information content (AvgIpc) is 3.02. The van der Waals surface area contributed by atoms with E-state index >= 15 is 0 Å². The van der Waals surface area contributed by atoms with Crippen molar-refractivity contribution >= 4 is 16.9 Å². The Morgan fingerprint density at radius 1 is 1.09 bits per heavy atom. The number of hydrogen-bond donors (Lipinski definition) is 1. The Hall–Kier alpha value is -2.55. The van der Waals surface area contributed by atoms with Gasteiger partial charge in [-0.25, -0.2) is 0 Å². The number of carbonyl (C=O) groups is 1. The molecule has 3 heteroatoms. The molecular formula is C20H21NO2. The van der Waals surface area contributed by atoms with Crippen molar-refractivity contribution in [3.8, 4) is 0 Å². The second-order valence-corrected chi connectivity index (χ2v) is 5.81. The zero-order valence-corrected chi connectivity index (χ0v) is 13.3. The summed E-state index contributed by atoms with van der Waals surface area (Å²) in [5.74, 6) is -0.259. The van der Waals surface area contributed by atoms with Crippen molar-refractivity contribution in [3.05, 3.63) is 71.9 Å². The highest BCUT2D eigenvalue weighted by atomic mass is 16.5. The van der Waals surface area contributed by atoms with Gasteiger partial charge in [-0.1, -0.05) is 48.5 Å². The van der Waals surface area contributed by atoms with E-state index in [4.69, 9.17) is 4.74 Å². The lowest BCUT2D eigenvalue weighted by Crippen LogP contribution is -2.19. The summed E-state index contributed by atoms with van der Waals surface area (Å²) in [7, 11) is 1.47. The number of aromatic nitrogens is 1. The van der Waals surface area contributed by atoms with Gasteiger partial charge >= 0.3 is 5.97 Å². The number of methoxy groups -OCH3 is 1. The van der Waals surface area contributed by atoms with Gasteiger partial charge in [-0.3, -0.25) is 4.79 Å². The summed E-state index contributed by atoms with van der Waals surface area (Å²) in [6, 6.07) is 18.4. The molecule has 0 aliphatic rings. The molecule has 0 unspecified atom stereocenters. The molecule has 0 bridgehead atoms. The molecule has 0 radical (unpaired) electrons. The Bertz CT molecular complexity index is 776. The van der Waals surface area contributed by atoms with E-state index in [1.807, 2.05) is 36.5 Å². The van der Waals surface area contributed by atoms with E-state index in [0.29, 0.717) is 6.42 Å². The molecule has 0 fully saturated rings. The van der Waals surface area contributed by atoms with Gasteiger partial charge in [-0.05, 0) is 36.5 Å². The molecule has 3 rings (SSSR count). The van der Waals surface area contributed by atoms with Crippen LogP contribution < -0.4 is 0 Å². The van der Waals surface area contributed by atoms with E-state index in [1.165, 1.54) is 23.6 Å². The van der Waals surface area contributed by atoms with Gasteiger partial charge in [0.15, 0.2) is 0 Å². The first kappa shape index (κ1) is 15.3. The number of esters is 1. The zero-order valence-electron chi connectivity index (χ0n) is 13.3. The molecule has 1 N–H and O–H groups in total. The van der Waals surface area contributed by atoms with Gasteiger partial charge in [0, 0.05) is 17.1 Å². The van der Waals surface area contributed by atoms with Crippen LogP contribution >= 0.6 is 0 Å². The fourth-order valence-corrected chi connectivity index (χ4v) is 3.02. The largest absolute Gasteiger partial charge is 0.469 e. The number of ether oxygens (including phenoxy) is 1. The highest BCUT2D eigenvalue weighted by Gasteiger charge is 2.21. The third-order valence-corrected chi connectivity index (χ3v) is 4.30. The number of carbonyl (C=O) groups excluding carboxylic acids is 1. The summed E-state index contributed by atoms with van der Waals surface area (Å²) in [6.07, 6.45) is 4.37. The number of rotatable bonds is 6. The van der Waals surface area contributed by atoms with Crippen LogP contribution in [-0.2, 0) is 22.4 Å². The van der Waals surface area contributed by atoms with Gasteiger partial charge < -0.3 is 9.72 Å². The predicted molar refractivity (Wildman–Crippen MR) is 92.3 cm³/mol. The Morgan fingerprint density at radius 2 is 1.83 bits per heavy atom. The van der Waals surface area contributed by atoms with E-state index in [1.54, 1.807) is 0 Å². The molecule has 118 valence electrons. The smallest absolute Gasteiger partial charge is 0.309 e. The summed E-state index contributed by atoms with van der Waals surface area (Å²) in [5.41, 5.74) is 3.53. The van der Waals surface area contributed by atoms with E-state index < -0.39 is 0 Å². The third kappa shape index (κ3) is 3.62. The first-order chi connectivity index (χ1) is 11.3. The summed E-state index contributed by atoms with van der Waals surface area (Å²) in [6.45, 7) is 0. The number of nitrogens with one attached hydrogen (secondary N) is 1. The number of fused-ring (bicyclic) bond motifs is 1. The van der Waals surface area contributed by atoms with Gasteiger partial charge in [0.1, 0.15) is 0 Å². The van der Waals surface area contributed by atoms with Crippen LogP contribution in [0.5, 0.6) is 0 Å². The average molecular weight is 307 g/mol. The monoisotopic (exact) mass is 307 g/mol. The van der Waals surface area contributed by atoms with Crippen molar-refractivity contribution in [3.63, 3.8) is 0 Å². The molecule has 3 nitrogen and oxygen atoms in total. The highest BCUT2D eigenvalue weighted by molar-refractivity contribution is 5.84. The second kappa shape index (κ2) is 7.14. The third-order valence-electron chi connectivity index (χ3n) is 4.30. The van der Waals surface area contributed by atoms with Crippen molar-refractivity contribution in [2.24, 2.45) is 5.92 Å². The second-order valence-electron chi connectivity index (χ2n) is 5.81. The van der Waals surface area contributed by atoms with Crippen LogP contribution in [0.4, 0.5) is 0 Å². The van der Waals surface area contributed by atoms with Gasteiger partial charge in [0.2, 0.25) is 0 Å². The van der Waals surface area contributed by atoms with Crippen LogP contribution in [0.2, 0.25) is 0 Å². The number of benzene rings is 2. The van der Waals surface area contributed by atoms with Crippen molar-refractivity contribution in [2.45, 2.75) is 19.3 Å². The van der Waals surface area contributed by atoms with Gasteiger partial charge in [0.25, 0.3) is 0 Å². The lowest BCUT2D eigenvalue weighted by molar-refractivity contribution is -0.145. The highest BCUT2D eigenvalue weighted by Crippen LogP contribution is 2.23. The molecule has 0 saturated carbocycles. The minimum absolute atomic E-state index is 0.126. The fourth-order valence-electron chi connectivity index (χ4n) is 3.02. The summed E-state index contributed by atoms with van der Waals surface area (Å²) >= 11 is 0. The summed E-state index contributed by atoms with van der Waals surface area (Å²) in [4.78, 5) is 15.4. The number of para-hydroxylation sites is 1. The molecule has 2 aromatic carbocycles. The van der Waals surface area contributed by atoms with Crippen molar-refractivity contribution in [2.75, 3.05) is 7.11 Å². The lowest BCUT2D eigenvalue weighted by atomic mass is 9.92. The molecule has 3 aromatic rings. The van der Waals surface area contributed by atoms with Crippen molar-refractivity contribution in [1.29, 1.82) is 0 Å². The molecular weight excluding hydrogens is 286 g/mol. The SMILES string of the molecule is COC(=O)[C@@H](CCc1ccccc1)Cc1c[nH]c2ccccc12. The maximum Gasteiger partial charge on any atom is 0.309 e. The molecule has 0 aliphatic carbocycles. The first-order valence-electron chi connectivity index (χ1n) is 7.94. The Kier molecular flexibility index (Phi) is 4.77. The minimum atomic E-state index is -0.133. The van der Waals surface area contributed by atoms with Gasteiger partial charge in [-0.15, -0.1) is 0 Å². The number of hydrogen-bond acceptors (Lipinski definition) is 2. The topological polar surface area (TPSA) is 42.1 Å². The number of aromatic amines is 1. The maximum absolute atomic E-state index is 12.2. The first-order valence-corrected chi connectivity index (χ1v) is 7.94. The quantitative estimate of drug-likeness (QED) is 0.696. The molecule has 1 heterocycles. The standard InChI is InChI=1S/C20H21NO2/c1-23-20(22)16(12-11-15-7-3-2-4-8-15)13-17-14-21-19-10-6-5-9-18(17)19/h2-10,14,16,21H,11-13H2,1H3/t16-/m0/s1. The fraction of sp³-hybridized carbons (Fsp3) is 0.250. The molecule has 23 heavy (non-hydrogen) atoms. The summed E-state index contributed by atoms with van der Waals surface area (Å²) < 4.78 is 5.01. The van der Waals surface area contributed by atoms with Crippen LogP contribution in [0.15, 0.2) is 60.8 Å². The van der Waals surface area contributed by atoms with Gasteiger partial charge in [-0.2, -0.15) is 0 Å².